The molecule has 0 saturated carbocycles. The summed E-state index contributed by atoms with van der Waals surface area (Å²) >= 11 is 1.80. The van der Waals surface area contributed by atoms with Gasteiger partial charge in [-0.25, -0.2) is 4.98 Å². The Balaban J connectivity index is 0.00000128. The van der Waals surface area contributed by atoms with E-state index in [0.717, 1.165) is 26.1 Å². The van der Waals surface area contributed by atoms with E-state index in [-0.39, 0.29) is 12.4 Å². The first-order valence-electron chi connectivity index (χ1n) is 5.14. The largest absolute Gasteiger partial charge is 0.337 e. The average molecular weight is 258 g/mol. The summed E-state index contributed by atoms with van der Waals surface area (Å²) < 4.78 is 2.10. The van der Waals surface area contributed by atoms with Gasteiger partial charge >= 0.3 is 0 Å². The van der Waals surface area contributed by atoms with Crippen molar-refractivity contribution in [3.8, 4) is 0 Å². The Morgan fingerprint density at radius 3 is 3.06 bits per heavy atom. The van der Waals surface area contributed by atoms with Crippen molar-refractivity contribution in [2.45, 2.75) is 19.5 Å². The second kappa shape index (κ2) is 7.44. The van der Waals surface area contributed by atoms with Crippen molar-refractivity contribution < 1.29 is 0 Å². The molecule has 0 spiro atoms. The topological polar surface area (TPSA) is 29.9 Å². The maximum absolute atomic E-state index is 4.01. The third-order valence-corrected chi connectivity index (χ3v) is 3.08. The Labute approximate surface area is 106 Å². The second-order valence-corrected chi connectivity index (χ2v) is 4.44. The molecule has 88 valence electrons. The summed E-state index contributed by atoms with van der Waals surface area (Å²) in [6, 6.07) is 4.25. The number of aromatic nitrogens is 2. The van der Waals surface area contributed by atoms with Gasteiger partial charge < -0.3 is 9.88 Å². The molecule has 3 nitrogen and oxygen atoms in total. The van der Waals surface area contributed by atoms with Gasteiger partial charge in [0.05, 0.1) is 6.33 Å². The molecule has 0 aliphatic rings. The first-order valence-corrected chi connectivity index (χ1v) is 6.02. The first kappa shape index (κ1) is 13.2. The van der Waals surface area contributed by atoms with Crippen molar-refractivity contribution in [2.75, 3.05) is 6.54 Å². The van der Waals surface area contributed by atoms with Gasteiger partial charge in [-0.2, -0.15) is 0 Å². The number of nitrogens with zero attached hydrogens (tertiary/aromatic N) is 2. The van der Waals surface area contributed by atoms with Crippen LogP contribution in [0.25, 0.3) is 0 Å². The zero-order valence-corrected chi connectivity index (χ0v) is 10.6. The Morgan fingerprint density at radius 2 is 2.38 bits per heavy atom. The number of hydrogen-bond donors (Lipinski definition) is 1. The highest BCUT2D eigenvalue weighted by Gasteiger charge is 1.93. The third-order valence-electron chi connectivity index (χ3n) is 2.21. The fourth-order valence-electron chi connectivity index (χ4n) is 1.43. The van der Waals surface area contributed by atoms with Crippen LogP contribution in [0.5, 0.6) is 0 Å². The highest BCUT2D eigenvalue weighted by atomic mass is 35.5. The van der Waals surface area contributed by atoms with Gasteiger partial charge in [0.1, 0.15) is 0 Å². The van der Waals surface area contributed by atoms with Crippen molar-refractivity contribution in [1.29, 1.82) is 0 Å². The molecular formula is C11H16ClN3S. The van der Waals surface area contributed by atoms with Crippen LogP contribution in [0.15, 0.2) is 36.2 Å². The standard InChI is InChI=1S/C11H15N3S.ClH/c1-3-11(15-8-1)9-12-4-2-6-14-7-5-13-10-14;/h1,3,5,7-8,10,12H,2,4,6,9H2;1H. The summed E-state index contributed by atoms with van der Waals surface area (Å²) in [5.41, 5.74) is 0. The Kier molecular flexibility index (Phi) is 6.15. The molecular weight excluding hydrogens is 242 g/mol. The number of aryl methyl sites for hydroxylation is 1. The van der Waals surface area contributed by atoms with E-state index < -0.39 is 0 Å². The first-order chi connectivity index (χ1) is 7.45. The molecule has 0 aliphatic heterocycles. The molecule has 2 aromatic rings. The van der Waals surface area contributed by atoms with Crippen LogP contribution in [-0.4, -0.2) is 16.1 Å². The molecule has 0 unspecified atom stereocenters. The quantitative estimate of drug-likeness (QED) is 0.806. The number of halogens is 1. The lowest BCUT2D eigenvalue weighted by Gasteiger charge is -2.03. The summed E-state index contributed by atoms with van der Waals surface area (Å²) in [5.74, 6) is 0. The number of thiophene rings is 1. The molecule has 0 aliphatic carbocycles. The van der Waals surface area contributed by atoms with Gasteiger partial charge in [0.15, 0.2) is 0 Å². The van der Waals surface area contributed by atoms with Gasteiger partial charge in [-0.1, -0.05) is 6.07 Å². The van der Waals surface area contributed by atoms with Gasteiger partial charge in [-0.05, 0) is 24.4 Å². The summed E-state index contributed by atoms with van der Waals surface area (Å²) in [6.45, 7) is 3.08. The molecule has 0 amide bonds. The van der Waals surface area contributed by atoms with Crippen LogP contribution in [0.3, 0.4) is 0 Å². The summed E-state index contributed by atoms with van der Waals surface area (Å²) in [6.07, 6.45) is 6.82. The molecule has 2 rings (SSSR count). The number of rotatable bonds is 6. The molecule has 0 saturated heterocycles. The SMILES string of the molecule is Cl.c1csc(CNCCCn2ccnc2)c1. The van der Waals surface area contributed by atoms with E-state index in [4.69, 9.17) is 0 Å². The van der Waals surface area contributed by atoms with Crippen molar-refractivity contribution in [3.05, 3.63) is 41.1 Å². The summed E-state index contributed by atoms with van der Waals surface area (Å²) in [5, 5.41) is 5.54. The van der Waals surface area contributed by atoms with Crippen LogP contribution < -0.4 is 5.32 Å². The van der Waals surface area contributed by atoms with Gasteiger partial charge in [-0.15, -0.1) is 23.7 Å². The second-order valence-electron chi connectivity index (χ2n) is 3.41. The fourth-order valence-corrected chi connectivity index (χ4v) is 2.10. The van der Waals surface area contributed by atoms with E-state index in [1.165, 1.54) is 4.88 Å². The van der Waals surface area contributed by atoms with Crippen LogP contribution in [0.4, 0.5) is 0 Å². The average Bonchev–Trinajstić information content (AvgIpc) is 2.88. The van der Waals surface area contributed by atoms with Crippen LogP contribution in [0, 0.1) is 0 Å². The Hall–Kier alpha value is -0.840. The van der Waals surface area contributed by atoms with E-state index in [1.54, 1.807) is 11.3 Å². The zero-order valence-electron chi connectivity index (χ0n) is 9.00. The van der Waals surface area contributed by atoms with Crippen molar-refractivity contribution >= 4 is 23.7 Å². The summed E-state index contributed by atoms with van der Waals surface area (Å²) in [7, 11) is 0. The lowest BCUT2D eigenvalue weighted by atomic mass is 10.4. The molecule has 0 aromatic carbocycles. The molecule has 5 heteroatoms. The molecule has 0 fully saturated rings. The van der Waals surface area contributed by atoms with Gasteiger partial charge in [0.2, 0.25) is 0 Å². The predicted molar refractivity (Wildman–Crippen MR) is 70.1 cm³/mol. The van der Waals surface area contributed by atoms with Gasteiger partial charge in [-0.3, -0.25) is 0 Å². The maximum Gasteiger partial charge on any atom is 0.0945 e. The third kappa shape index (κ3) is 4.35. The lowest BCUT2D eigenvalue weighted by molar-refractivity contribution is 0.583. The smallest absolute Gasteiger partial charge is 0.0945 e. The molecule has 0 bridgehead atoms. The Bertz CT molecular complexity index is 322. The lowest BCUT2D eigenvalue weighted by Crippen LogP contribution is -2.15. The monoisotopic (exact) mass is 257 g/mol. The molecule has 2 heterocycles. The fraction of sp³-hybridized carbons (Fsp3) is 0.364. The van der Waals surface area contributed by atoms with E-state index in [1.807, 2.05) is 18.7 Å². The van der Waals surface area contributed by atoms with Crippen molar-refractivity contribution in [1.82, 2.24) is 14.9 Å². The van der Waals surface area contributed by atoms with Gasteiger partial charge in [0, 0.05) is 30.4 Å². The minimum atomic E-state index is 0. The number of imidazole rings is 1. The highest BCUT2D eigenvalue weighted by Crippen LogP contribution is 2.07. The summed E-state index contributed by atoms with van der Waals surface area (Å²) in [4.78, 5) is 5.41. The minimum absolute atomic E-state index is 0. The van der Waals surface area contributed by atoms with Crippen molar-refractivity contribution in [2.24, 2.45) is 0 Å². The number of hydrogen-bond acceptors (Lipinski definition) is 3. The van der Waals surface area contributed by atoms with Crippen molar-refractivity contribution in [3.63, 3.8) is 0 Å². The van der Waals surface area contributed by atoms with Gasteiger partial charge in [0.25, 0.3) is 0 Å². The highest BCUT2D eigenvalue weighted by molar-refractivity contribution is 7.09. The molecule has 0 atom stereocenters. The predicted octanol–water partition coefficient (Wildman–Crippen LogP) is 2.55. The van der Waals surface area contributed by atoms with Crippen LogP contribution >= 0.6 is 23.7 Å². The normalized spacial score (nSPS) is 10.0. The van der Waals surface area contributed by atoms with E-state index in [2.05, 4.69) is 32.4 Å². The molecule has 0 radical (unpaired) electrons. The molecule has 2 aromatic heterocycles. The van der Waals surface area contributed by atoms with Crippen LogP contribution in [0.2, 0.25) is 0 Å². The van der Waals surface area contributed by atoms with E-state index >= 15 is 0 Å². The van der Waals surface area contributed by atoms with Crippen LogP contribution in [0.1, 0.15) is 11.3 Å². The minimum Gasteiger partial charge on any atom is -0.337 e. The van der Waals surface area contributed by atoms with E-state index in [0.29, 0.717) is 0 Å². The number of nitrogens with one attached hydrogen (secondary N) is 1. The zero-order chi connectivity index (χ0) is 10.3. The molecule has 16 heavy (non-hydrogen) atoms. The van der Waals surface area contributed by atoms with Crippen LogP contribution in [-0.2, 0) is 13.1 Å². The Morgan fingerprint density at radius 1 is 1.44 bits per heavy atom. The molecule has 1 N–H and O–H groups in total. The van der Waals surface area contributed by atoms with E-state index in [9.17, 15) is 0 Å². The maximum atomic E-state index is 4.01.